The van der Waals surface area contributed by atoms with Crippen molar-refractivity contribution in [3.8, 4) is 0 Å². The van der Waals surface area contributed by atoms with E-state index in [1.807, 2.05) is 0 Å². The molecule has 1 aromatic rings. The Morgan fingerprint density at radius 1 is 1.50 bits per heavy atom. The van der Waals surface area contributed by atoms with Crippen LogP contribution in [0, 0.1) is 0 Å². The predicted octanol–water partition coefficient (Wildman–Crippen LogP) is 3.07. The number of aryl methyl sites for hydroxylation is 1. The first-order valence-corrected chi connectivity index (χ1v) is 8.67. The van der Waals surface area contributed by atoms with Crippen molar-refractivity contribution in [1.82, 2.24) is 5.32 Å². The standard InChI is InChI=1S/C15H20ClNO2S/c16-10-15(5-7-19-8-6-15)17-14(18)12-2-1-3-13-11(12)4-9-20-13/h4,9,12H,1-3,5-8,10H2,(H,17,18). The fraction of sp³-hybridized carbons (Fsp3) is 0.667. The molecule has 1 amide bonds. The maximum Gasteiger partial charge on any atom is 0.228 e. The molecule has 20 heavy (non-hydrogen) atoms. The molecule has 2 heterocycles. The predicted molar refractivity (Wildman–Crippen MR) is 81.6 cm³/mol. The Labute approximate surface area is 128 Å². The van der Waals surface area contributed by atoms with Crippen LogP contribution in [0.2, 0.25) is 0 Å². The lowest BCUT2D eigenvalue weighted by atomic mass is 9.85. The van der Waals surface area contributed by atoms with Gasteiger partial charge in [0.25, 0.3) is 0 Å². The molecule has 5 heteroatoms. The molecule has 0 radical (unpaired) electrons. The smallest absolute Gasteiger partial charge is 0.228 e. The third-order valence-corrected chi connectivity index (χ3v) is 5.97. The number of fused-ring (bicyclic) bond motifs is 1. The fourth-order valence-electron chi connectivity index (χ4n) is 3.16. The molecule has 1 unspecified atom stereocenters. The number of thiophene rings is 1. The van der Waals surface area contributed by atoms with Crippen LogP contribution in [0.25, 0.3) is 0 Å². The Bertz CT molecular complexity index is 482. The van der Waals surface area contributed by atoms with Crippen molar-refractivity contribution in [3.05, 3.63) is 21.9 Å². The Morgan fingerprint density at radius 2 is 2.30 bits per heavy atom. The third kappa shape index (κ3) is 2.74. The fourth-order valence-corrected chi connectivity index (χ4v) is 4.48. The van der Waals surface area contributed by atoms with Crippen molar-refractivity contribution in [2.75, 3.05) is 19.1 Å². The summed E-state index contributed by atoms with van der Waals surface area (Å²) in [4.78, 5) is 14.1. The minimum Gasteiger partial charge on any atom is -0.381 e. The minimum absolute atomic E-state index is 0.00735. The number of carbonyl (C=O) groups excluding carboxylic acids is 1. The molecule has 2 aliphatic rings. The molecule has 1 atom stereocenters. The van der Waals surface area contributed by atoms with Crippen LogP contribution in [0.1, 0.15) is 42.0 Å². The van der Waals surface area contributed by atoms with Crippen LogP contribution in [-0.4, -0.2) is 30.5 Å². The lowest BCUT2D eigenvalue weighted by Gasteiger charge is -2.37. The molecule has 1 N–H and O–H groups in total. The number of nitrogens with one attached hydrogen (secondary N) is 1. The van der Waals surface area contributed by atoms with E-state index in [1.54, 1.807) is 11.3 Å². The number of carbonyl (C=O) groups is 1. The number of alkyl halides is 1. The molecule has 1 aliphatic carbocycles. The second-order valence-electron chi connectivity index (χ2n) is 5.76. The SMILES string of the molecule is O=C(NC1(CCl)CCOCC1)C1CCCc2sccc21. The van der Waals surface area contributed by atoms with Gasteiger partial charge in [-0.2, -0.15) is 0 Å². The van der Waals surface area contributed by atoms with Crippen molar-refractivity contribution >= 4 is 28.8 Å². The molecule has 0 spiro atoms. The molecule has 1 aromatic heterocycles. The summed E-state index contributed by atoms with van der Waals surface area (Å²) in [6.07, 6.45) is 4.79. The summed E-state index contributed by atoms with van der Waals surface area (Å²) in [5.74, 6) is 0.616. The number of halogens is 1. The Balaban J connectivity index is 1.74. The van der Waals surface area contributed by atoms with Gasteiger partial charge in [0, 0.05) is 24.0 Å². The topological polar surface area (TPSA) is 38.3 Å². The second kappa shape index (κ2) is 6.04. The zero-order chi connectivity index (χ0) is 14.0. The van der Waals surface area contributed by atoms with Gasteiger partial charge in [-0.15, -0.1) is 22.9 Å². The Hall–Kier alpha value is -0.580. The first kappa shape index (κ1) is 14.4. The minimum atomic E-state index is -0.273. The van der Waals surface area contributed by atoms with Crippen molar-refractivity contribution in [2.45, 2.75) is 43.6 Å². The van der Waals surface area contributed by atoms with Crippen LogP contribution in [0.5, 0.6) is 0 Å². The molecule has 1 aliphatic heterocycles. The largest absolute Gasteiger partial charge is 0.381 e. The van der Waals surface area contributed by atoms with Gasteiger partial charge >= 0.3 is 0 Å². The summed E-state index contributed by atoms with van der Waals surface area (Å²) in [5.41, 5.74) is 0.959. The summed E-state index contributed by atoms with van der Waals surface area (Å²) in [6, 6.07) is 2.11. The lowest BCUT2D eigenvalue weighted by Crippen LogP contribution is -2.54. The van der Waals surface area contributed by atoms with Crippen molar-refractivity contribution in [2.24, 2.45) is 0 Å². The van der Waals surface area contributed by atoms with E-state index in [0.29, 0.717) is 19.1 Å². The average Bonchev–Trinajstić information content (AvgIpc) is 2.96. The molecular formula is C15H20ClNO2S. The van der Waals surface area contributed by atoms with E-state index in [2.05, 4.69) is 16.8 Å². The van der Waals surface area contributed by atoms with Gasteiger partial charge in [-0.25, -0.2) is 0 Å². The summed E-state index contributed by atoms with van der Waals surface area (Å²) >= 11 is 7.90. The van der Waals surface area contributed by atoms with Crippen molar-refractivity contribution in [3.63, 3.8) is 0 Å². The van der Waals surface area contributed by atoms with Gasteiger partial charge in [-0.1, -0.05) is 0 Å². The maximum atomic E-state index is 12.7. The van der Waals surface area contributed by atoms with Crippen LogP contribution in [-0.2, 0) is 16.0 Å². The second-order valence-corrected chi connectivity index (χ2v) is 7.03. The number of rotatable bonds is 3. The highest BCUT2D eigenvalue weighted by Gasteiger charge is 2.36. The number of amides is 1. The summed E-state index contributed by atoms with van der Waals surface area (Å²) in [6.45, 7) is 1.36. The summed E-state index contributed by atoms with van der Waals surface area (Å²) in [7, 11) is 0. The molecule has 3 nitrogen and oxygen atoms in total. The van der Waals surface area contributed by atoms with Gasteiger partial charge < -0.3 is 10.1 Å². The highest BCUT2D eigenvalue weighted by Crippen LogP contribution is 2.36. The quantitative estimate of drug-likeness (QED) is 0.871. The monoisotopic (exact) mass is 313 g/mol. The lowest BCUT2D eigenvalue weighted by molar-refractivity contribution is -0.125. The molecule has 0 aromatic carbocycles. The number of hydrogen-bond donors (Lipinski definition) is 1. The van der Waals surface area contributed by atoms with Crippen LogP contribution in [0.15, 0.2) is 11.4 Å². The first-order valence-electron chi connectivity index (χ1n) is 7.26. The van der Waals surface area contributed by atoms with E-state index in [9.17, 15) is 4.79 Å². The molecule has 1 fully saturated rings. The van der Waals surface area contributed by atoms with Crippen LogP contribution < -0.4 is 5.32 Å². The van der Waals surface area contributed by atoms with E-state index in [0.717, 1.165) is 32.1 Å². The van der Waals surface area contributed by atoms with Gasteiger partial charge in [-0.3, -0.25) is 4.79 Å². The van der Waals surface area contributed by atoms with Gasteiger partial charge in [0.1, 0.15) is 0 Å². The van der Waals surface area contributed by atoms with Gasteiger partial charge in [-0.05, 0) is 49.1 Å². The van der Waals surface area contributed by atoms with Crippen molar-refractivity contribution in [1.29, 1.82) is 0 Å². The number of hydrogen-bond acceptors (Lipinski definition) is 3. The van der Waals surface area contributed by atoms with Crippen LogP contribution >= 0.6 is 22.9 Å². The zero-order valence-corrected chi connectivity index (χ0v) is 13.1. The Morgan fingerprint density at radius 3 is 3.05 bits per heavy atom. The first-order chi connectivity index (χ1) is 9.74. The van der Waals surface area contributed by atoms with Crippen molar-refractivity contribution < 1.29 is 9.53 Å². The summed E-state index contributed by atoms with van der Waals surface area (Å²) < 4.78 is 5.39. The normalized spacial score (nSPS) is 24.9. The van der Waals surface area contributed by atoms with Crippen LogP contribution in [0.3, 0.4) is 0 Å². The number of ether oxygens (including phenoxy) is 1. The highest BCUT2D eigenvalue weighted by atomic mass is 35.5. The molecular weight excluding hydrogens is 294 g/mol. The molecule has 0 saturated carbocycles. The van der Waals surface area contributed by atoms with Crippen LogP contribution in [0.4, 0.5) is 0 Å². The maximum absolute atomic E-state index is 12.7. The van der Waals surface area contributed by atoms with Gasteiger partial charge in [0.05, 0.1) is 11.5 Å². The third-order valence-electron chi connectivity index (χ3n) is 4.46. The van der Waals surface area contributed by atoms with E-state index in [-0.39, 0.29) is 17.4 Å². The molecule has 110 valence electrons. The average molecular weight is 314 g/mol. The van der Waals surface area contributed by atoms with E-state index in [1.165, 1.54) is 10.4 Å². The van der Waals surface area contributed by atoms with Gasteiger partial charge in [0.15, 0.2) is 0 Å². The van der Waals surface area contributed by atoms with E-state index >= 15 is 0 Å². The molecule has 0 bridgehead atoms. The van der Waals surface area contributed by atoms with E-state index < -0.39 is 0 Å². The Kier molecular flexibility index (Phi) is 4.34. The summed E-state index contributed by atoms with van der Waals surface area (Å²) in [5, 5.41) is 5.34. The van der Waals surface area contributed by atoms with E-state index in [4.69, 9.17) is 16.3 Å². The molecule has 1 saturated heterocycles. The zero-order valence-electron chi connectivity index (χ0n) is 11.5. The van der Waals surface area contributed by atoms with Gasteiger partial charge in [0.2, 0.25) is 5.91 Å². The molecule has 3 rings (SSSR count). The highest BCUT2D eigenvalue weighted by molar-refractivity contribution is 7.10.